The number of hydrogen-bond acceptors (Lipinski definition) is 5. The number of ether oxygens (including phenoxy) is 2. The molecule has 0 aliphatic rings. The van der Waals surface area contributed by atoms with E-state index in [0.29, 0.717) is 49.6 Å². The van der Waals surface area contributed by atoms with Crippen LogP contribution in [0.1, 0.15) is 62.1 Å². The summed E-state index contributed by atoms with van der Waals surface area (Å²) in [5, 5.41) is 10.8. The van der Waals surface area contributed by atoms with Gasteiger partial charge in [-0.15, -0.1) is 0 Å². The van der Waals surface area contributed by atoms with Crippen LogP contribution in [0.4, 0.5) is 0 Å². The lowest BCUT2D eigenvalue weighted by Crippen LogP contribution is -2.24. The minimum absolute atomic E-state index is 0.110. The average molecular weight is 656 g/mol. The van der Waals surface area contributed by atoms with Crippen LogP contribution < -0.4 is 4.74 Å². The summed E-state index contributed by atoms with van der Waals surface area (Å²) in [6.45, 7) is 5.65. The first kappa shape index (κ1) is 35.1. The Morgan fingerprint density at radius 3 is 1.76 bits per heavy atom. The minimum atomic E-state index is -0.648. The molecule has 4 aromatic carbocycles. The van der Waals surface area contributed by atoms with E-state index in [9.17, 15) is 9.90 Å². The first-order valence-electron chi connectivity index (χ1n) is 16.6. The van der Waals surface area contributed by atoms with E-state index in [4.69, 9.17) is 14.5 Å². The van der Waals surface area contributed by atoms with Crippen molar-refractivity contribution in [2.24, 2.45) is 0 Å². The lowest BCUT2D eigenvalue weighted by atomic mass is 9.97. The number of imidazole rings is 1. The molecule has 0 saturated heterocycles. The molecule has 0 aliphatic heterocycles. The quantitative estimate of drug-likeness (QED) is 0.144. The van der Waals surface area contributed by atoms with Crippen LogP contribution >= 0.6 is 0 Å². The second-order valence-corrected chi connectivity index (χ2v) is 12.2. The number of carbonyl (C=O) groups is 1. The molecule has 1 amide bonds. The maximum Gasteiger partial charge on any atom is 0.255 e. The zero-order valence-electron chi connectivity index (χ0n) is 28.8. The normalized spacial score (nSPS) is 11.4. The zero-order chi connectivity index (χ0) is 34.6. The molecule has 1 N–H and O–H groups in total. The van der Waals surface area contributed by atoms with Crippen LogP contribution in [0.3, 0.4) is 0 Å². The second-order valence-electron chi connectivity index (χ2n) is 12.2. The third-order valence-corrected chi connectivity index (χ3v) is 8.39. The molecule has 49 heavy (non-hydrogen) atoms. The Morgan fingerprint density at radius 2 is 1.24 bits per heavy atom. The van der Waals surface area contributed by atoms with E-state index in [1.165, 1.54) is 11.1 Å². The van der Waals surface area contributed by atoms with E-state index < -0.39 is 6.10 Å². The molecule has 0 saturated carbocycles. The average Bonchev–Trinajstić information content (AvgIpc) is 3.43. The van der Waals surface area contributed by atoms with Gasteiger partial charge in [0.25, 0.3) is 5.91 Å². The molecule has 252 valence electrons. The monoisotopic (exact) mass is 655 g/mol. The molecule has 2 aromatic heterocycles. The number of rotatable bonds is 12. The van der Waals surface area contributed by atoms with Gasteiger partial charge in [0, 0.05) is 31.5 Å². The van der Waals surface area contributed by atoms with E-state index in [1.54, 1.807) is 19.0 Å². The van der Waals surface area contributed by atoms with Crippen molar-refractivity contribution in [2.45, 2.75) is 52.6 Å². The zero-order valence-corrected chi connectivity index (χ0v) is 28.8. The van der Waals surface area contributed by atoms with Crippen LogP contribution in [0, 0.1) is 13.8 Å². The van der Waals surface area contributed by atoms with Gasteiger partial charge in [0.05, 0.1) is 30.6 Å². The SMILES string of the molecule is Cc1nc2c(OCc3ccccc3)c(CC[C@@H](O)c3ccccc3)c(C(=O)N(C)C)cn2c1C.c1ccc(COCc2ccccc2)cc1. The summed E-state index contributed by atoms with van der Waals surface area (Å²) in [7, 11) is 3.48. The summed E-state index contributed by atoms with van der Waals surface area (Å²) >= 11 is 0. The van der Waals surface area contributed by atoms with E-state index in [2.05, 4.69) is 24.3 Å². The topological polar surface area (TPSA) is 76.3 Å². The Hall–Kier alpha value is -5.24. The summed E-state index contributed by atoms with van der Waals surface area (Å²) in [6, 6.07) is 39.9. The van der Waals surface area contributed by atoms with E-state index in [-0.39, 0.29) is 5.91 Å². The number of benzene rings is 4. The number of hydrogen-bond donors (Lipinski definition) is 1. The van der Waals surface area contributed by atoms with Crippen LogP contribution in [0.15, 0.2) is 128 Å². The molecule has 6 rings (SSSR count). The fraction of sp³-hybridized carbons (Fsp3) is 0.238. The Labute approximate surface area is 289 Å². The Kier molecular flexibility index (Phi) is 12.3. The molecule has 7 heteroatoms. The smallest absolute Gasteiger partial charge is 0.255 e. The van der Waals surface area contributed by atoms with Gasteiger partial charge in [0.2, 0.25) is 0 Å². The van der Waals surface area contributed by atoms with E-state index in [1.807, 2.05) is 122 Å². The molecular formula is C42H45N3O4. The van der Waals surface area contributed by atoms with Gasteiger partial charge in [-0.05, 0) is 48.9 Å². The van der Waals surface area contributed by atoms with Gasteiger partial charge in [-0.25, -0.2) is 4.98 Å². The van der Waals surface area contributed by atoms with Gasteiger partial charge >= 0.3 is 0 Å². The first-order valence-corrected chi connectivity index (χ1v) is 16.6. The molecule has 0 spiro atoms. The summed E-state index contributed by atoms with van der Waals surface area (Å²) in [5.74, 6) is 0.481. The number of aromatic nitrogens is 2. The molecule has 0 aliphatic carbocycles. The number of fused-ring (bicyclic) bond motifs is 1. The number of carbonyl (C=O) groups excluding carboxylic acids is 1. The number of aliphatic hydroxyl groups is 1. The minimum Gasteiger partial charge on any atom is -0.485 e. The van der Waals surface area contributed by atoms with Crippen molar-refractivity contribution in [1.29, 1.82) is 0 Å². The number of nitrogens with zero attached hydrogens (tertiary/aromatic N) is 3. The molecule has 7 nitrogen and oxygen atoms in total. The van der Waals surface area contributed by atoms with Crippen LogP contribution in [0.25, 0.3) is 5.65 Å². The highest BCUT2D eigenvalue weighted by Gasteiger charge is 2.24. The van der Waals surface area contributed by atoms with Gasteiger partial charge in [0.15, 0.2) is 11.4 Å². The molecular weight excluding hydrogens is 610 g/mol. The van der Waals surface area contributed by atoms with Gasteiger partial charge < -0.3 is 23.9 Å². The molecule has 0 radical (unpaired) electrons. The highest BCUT2D eigenvalue weighted by Crippen LogP contribution is 2.33. The number of aryl methyl sites for hydroxylation is 2. The van der Waals surface area contributed by atoms with Gasteiger partial charge in [0.1, 0.15) is 6.61 Å². The lowest BCUT2D eigenvalue weighted by molar-refractivity contribution is 0.0824. The molecule has 2 heterocycles. The standard InChI is InChI=1S/C28H31N3O3.C14H14O/c1-19-20(2)31-17-24(28(33)30(3)4)23(15-16-25(32)22-13-9-6-10-14-22)26(27(31)29-19)34-18-21-11-7-5-8-12-21;1-3-7-13(8-4-1)11-15-12-14-9-5-2-6-10-14/h5-14,17,25,32H,15-16,18H2,1-4H3;1-10H,11-12H2/t25-;/m1./s1. The van der Waals surface area contributed by atoms with Crippen molar-refractivity contribution in [3.05, 3.63) is 172 Å². The predicted octanol–water partition coefficient (Wildman–Crippen LogP) is 8.30. The van der Waals surface area contributed by atoms with Crippen LogP contribution in [0.5, 0.6) is 5.75 Å². The van der Waals surface area contributed by atoms with Gasteiger partial charge in [-0.3, -0.25) is 4.79 Å². The number of amides is 1. The lowest BCUT2D eigenvalue weighted by Gasteiger charge is -2.20. The van der Waals surface area contributed by atoms with Crippen molar-refractivity contribution in [3.63, 3.8) is 0 Å². The molecule has 1 atom stereocenters. The highest BCUT2D eigenvalue weighted by molar-refractivity contribution is 5.96. The van der Waals surface area contributed by atoms with Gasteiger partial charge in [-0.1, -0.05) is 121 Å². The number of pyridine rings is 1. The van der Waals surface area contributed by atoms with E-state index >= 15 is 0 Å². The second kappa shape index (κ2) is 17.2. The maximum atomic E-state index is 13.2. The Bertz CT molecular complexity index is 1870. The summed E-state index contributed by atoms with van der Waals surface area (Å²) < 4.78 is 13.9. The Morgan fingerprint density at radius 1 is 0.755 bits per heavy atom. The van der Waals surface area contributed by atoms with E-state index in [0.717, 1.165) is 28.1 Å². The molecule has 0 fully saturated rings. The highest BCUT2D eigenvalue weighted by atomic mass is 16.5. The van der Waals surface area contributed by atoms with Crippen LogP contribution in [0.2, 0.25) is 0 Å². The van der Waals surface area contributed by atoms with Gasteiger partial charge in [-0.2, -0.15) is 0 Å². The fourth-order valence-corrected chi connectivity index (χ4v) is 5.52. The fourth-order valence-electron chi connectivity index (χ4n) is 5.52. The largest absolute Gasteiger partial charge is 0.485 e. The van der Waals surface area contributed by atoms with Crippen molar-refractivity contribution in [1.82, 2.24) is 14.3 Å². The predicted molar refractivity (Wildman–Crippen MR) is 195 cm³/mol. The van der Waals surface area contributed by atoms with Crippen LogP contribution in [-0.2, 0) is 31.0 Å². The van der Waals surface area contributed by atoms with Crippen molar-refractivity contribution in [3.8, 4) is 5.75 Å². The number of aliphatic hydroxyl groups excluding tert-OH is 1. The molecule has 0 unspecified atom stereocenters. The molecule has 0 bridgehead atoms. The van der Waals surface area contributed by atoms with Crippen molar-refractivity contribution >= 4 is 11.6 Å². The van der Waals surface area contributed by atoms with Crippen LogP contribution in [-0.4, -0.2) is 39.4 Å². The van der Waals surface area contributed by atoms with Crippen molar-refractivity contribution in [2.75, 3.05) is 14.1 Å². The maximum absolute atomic E-state index is 13.2. The summed E-state index contributed by atoms with van der Waals surface area (Å²) in [5.41, 5.74) is 8.16. The third-order valence-electron chi connectivity index (χ3n) is 8.39. The first-order chi connectivity index (χ1) is 23.8. The summed E-state index contributed by atoms with van der Waals surface area (Å²) in [6.07, 6.45) is 2.13. The molecule has 6 aromatic rings. The Balaban J connectivity index is 0.000000259. The van der Waals surface area contributed by atoms with Crippen molar-refractivity contribution < 1.29 is 19.4 Å². The summed E-state index contributed by atoms with van der Waals surface area (Å²) in [4.78, 5) is 19.6. The third kappa shape index (κ3) is 9.44.